The minimum absolute atomic E-state index is 0.0317. The Hall–Kier alpha value is -2.57. The Labute approximate surface area is 164 Å². The fourth-order valence-electron chi connectivity index (χ4n) is 4.56. The van der Waals surface area contributed by atoms with Crippen LogP contribution in [-0.2, 0) is 9.59 Å². The normalized spacial score (nSPS) is 24.9. The van der Waals surface area contributed by atoms with Gasteiger partial charge in [-0.2, -0.15) is 0 Å². The molecule has 3 aliphatic heterocycles. The van der Waals surface area contributed by atoms with Gasteiger partial charge in [0, 0.05) is 38.9 Å². The van der Waals surface area contributed by atoms with Crippen LogP contribution in [-0.4, -0.2) is 66.3 Å². The Kier molecular flexibility index (Phi) is 4.77. The van der Waals surface area contributed by atoms with Gasteiger partial charge in [-0.05, 0) is 31.0 Å². The van der Waals surface area contributed by atoms with Gasteiger partial charge in [0.1, 0.15) is 17.1 Å². The van der Waals surface area contributed by atoms with E-state index in [0.717, 1.165) is 0 Å². The van der Waals surface area contributed by atoms with Gasteiger partial charge in [0.15, 0.2) is 5.78 Å². The van der Waals surface area contributed by atoms with Crippen molar-refractivity contribution in [3.8, 4) is 11.5 Å². The van der Waals surface area contributed by atoms with E-state index in [-0.39, 0.29) is 29.9 Å². The van der Waals surface area contributed by atoms with E-state index in [1.165, 1.54) is 0 Å². The summed E-state index contributed by atoms with van der Waals surface area (Å²) < 4.78 is 11.4. The van der Waals surface area contributed by atoms with Gasteiger partial charge in [0.2, 0.25) is 11.8 Å². The monoisotopic (exact) mass is 386 g/mol. The van der Waals surface area contributed by atoms with Crippen molar-refractivity contribution in [3.05, 3.63) is 23.8 Å². The number of piperidine rings is 1. The summed E-state index contributed by atoms with van der Waals surface area (Å²) in [6, 6.07) is 5.27. The van der Waals surface area contributed by atoms with Crippen molar-refractivity contribution in [1.82, 2.24) is 9.80 Å². The van der Waals surface area contributed by atoms with E-state index < -0.39 is 5.60 Å². The lowest BCUT2D eigenvalue weighted by Crippen LogP contribution is -2.47. The van der Waals surface area contributed by atoms with Gasteiger partial charge < -0.3 is 19.3 Å². The fourth-order valence-corrected chi connectivity index (χ4v) is 4.56. The first-order valence-electron chi connectivity index (χ1n) is 9.85. The van der Waals surface area contributed by atoms with Crippen LogP contribution < -0.4 is 9.47 Å². The predicted molar refractivity (Wildman–Crippen MR) is 101 cm³/mol. The molecule has 1 unspecified atom stereocenters. The van der Waals surface area contributed by atoms with Crippen molar-refractivity contribution in [2.24, 2.45) is 5.92 Å². The molecule has 150 valence electrons. The second kappa shape index (κ2) is 7.11. The van der Waals surface area contributed by atoms with Crippen molar-refractivity contribution in [2.45, 2.75) is 38.2 Å². The van der Waals surface area contributed by atoms with Gasteiger partial charge in [0.25, 0.3) is 0 Å². The summed E-state index contributed by atoms with van der Waals surface area (Å²) in [5.41, 5.74) is -0.0830. The predicted octanol–water partition coefficient (Wildman–Crippen LogP) is 1.89. The minimum atomic E-state index is -0.631. The number of hydrogen-bond acceptors (Lipinski definition) is 5. The fraction of sp³-hybridized carbons (Fsp3) is 0.571. The van der Waals surface area contributed by atoms with Gasteiger partial charge in [-0.3, -0.25) is 14.4 Å². The van der Waals surface area contributed by atoms with Crippen LogP contribution >= 0.6 is 0 Å². The first-order chi connectivity index (χ1) is 13.4. The average Bonchev–Trinajstić information content (AvgIpc) is 3.10. The van der Waals surface area contributed by atoms with Gasteiger partial charge >= 0.3 is 0 Å². The van der Waals surface area contributed by atoms with E-state index in [4.69, 9.17) is 9.47 Å². The molecular weight excluding hydrogens is 360 g/mol. The molecule has 0 radical (unpaired) electrons. The quantitative estimate of drug-likeness (QED) is 0.776. The van der Waals surface area contributed by atoms with Gasteiger partial charge in [-0.15, -0.1) is 0 Å². The number of ether oxygens (including phenoxy) is 2. The number of hydrogen-bond donors (Lipinski definition) is 0. The molecule has 0 aromatic heterocycles. The molecule has 1 aromatic carbocycles. The Morgan fingerprint density at radius 1 is 1.18 bits per heavy atom. The molecule has 2 fully saturated rings. The zero-order chi connectivity index (χ0) is 19.9. The van der Waals surface area contributed by atoms with Crippen LogP contribution in [0.25, 0.3) is 0 Å². The van der Waals surface area contributed by atoms with Crippen LogP contribution in [0.15, 0.2) is 18.2 Å². The Balaban J connectivity index is 1.43. The van der Waals surface area contributed by atoms with Gasteiger partial charge in [0.05, 0.1) is 25.6 Å². The van der Waals surface area contributed by atoms with Gasteiger partial charge in [-0.1, -0.05) is 0 Å². The van der Waals surface area contributed by atoms with Crippen molar-refractivity contribution in [1.29, 1.82) is 0 Å². The number of benzene rings is 1. The molecule has 0 aliphatic carbocycles. The van der Waals surface area contributed by atoms with Crippen LogP contribution in [0.2, 0.25) is 0 Å². The number of ketones is 1. The number of likely N-dealkylation sites (tertiary alicyclic amines) is 2. The number of carbonyl (C=O) groups is 3. The van der Waals surface area contributed by atoms with E-state index in [9.17, 15) is 14.4 Å². The second-order valence-electron chi connectivity index (χ2n) is 8.04. The number of Topliss-reactive ketones (excluding diaryl/α,β-unsaturated/α-hetero) is 1. The Bertz CT molecular complexity index is 815. The number of fused-ring (bicyclic) bond motifs is 1. The lowest BCUT2D eigenvalue weighted by atomic mass is 9.89. The number of rotatable bonds is 2. The maximum absolute atomic E-state index is 13.0. The molecule has 0 bridgehead atoms. The molecule has 3 heterocycles. The first kappa shape index (κ1) is 18.8. The number of carbonyl (C=O) groups excluding carboxylic acids is 3. The molecule has 1 spiro atoms. The third-order valence-corrected chi connectivity index (χ3v) is 6.21. The molecular formula is C21H26N2O5. The zero-order valence-corrected chi connectivity index (χ0v) is 16.4. The smallest absolute Gasteiger partial charge is 0.225 e. The SMILES string of the molecule is COc1ccc2c(c1)C(=O)CC1(CCN(C(=O)C3CCN(C(C)=O)CC3)C1)O2. The molecule has 1 atom stereocenters. The summed E-state index contributed by atoms with van der Waals surface area (Å²) in [6.07, 6.45) is 2.33. The number of methoxy groups -OCH3 is 1. The maximum atomic E-state index is 13.0. The first-order valence-corrected chi connectivity index (χ1v) is 9.85. The van der Waals surface area contributed by atoms with E-state index in [2.05, 4.69) is 0 Å². The summed E-state index contributed by atoms with van der Waals surface area (Å²) in [6.45, 7) is 3.88. The highest BCUT2D eigenvalue weighted by atomic mass is 16.5. The summed E-state index contributed by atoms with van der Waals surface area (Å²) in [4.78, 5) is 40.8. The standard InChI is InChI=1S/C21H26N2O5/c1-14(24)22-8-5-15(6-9-22)20(26)23-10-7-21(13-23)12-18(25)17-11-16(27-2)3-4-19(17)28-21/h3-4,11,15H,5-10,12-13H2,1-2H3. The molecule has 0 N–H and O–H groups in total. The van der Waals surface area contributed by atoms with Crippen molar-refractivity contribution < 1.29 is 23.9 Å². The summed E-state index contributed by atoms with van der Waals surface area (Å²) >= 11 is 0. The number of nitrogens with zero attached hydrogens (tertiary/aromatic N) is 2. The highest BCUT2D eigenvalue weighted by Crippen LogP contribution is 2.40. The highest BCUT2D eigenvalue weighted by molar-refractivity contribution is 6.01. The van der Waals surface area contributed by atoms with E-state index in [1.54, 1.807) is 37.1 Å². The lowest BCUT2D eigenvalue weighted by molar-refractivity contribution is -0.139. The maximum Gasteiger partial charge on any atom is 0.225 e. The molecule has 2 amide bonds. The van der Waals surface area contributed by atoms with Crippen molar-refractivity contribution in [2.75, 3.05) is 33.3 Å². The Morgan fingerprint density at radius 2 is 1.93 bits per heavy atom. The van der Waals surface area contributed by atoms with E-state index in [0.29, 0.717) is 62.5 Å². The third-order valence-electron chi connectivity index (χ3n) is 6.21. The molecule has 3 aliphatic rings. The van der Waals surface area contributed by atoms with Crippen LogP contribution in [0.1, 0.15) is 43.0 Å². The van der Waals surface area contributed by atoms with Crippen LogP contribution in [0.3, 0.4) is 0 Å². The third kappa shape index (κ3) is 3.34. The number of amides is 2. The largest absolute Gasteiger partial charge is 0.497 e. The molecule has 7 nitrogen and oxygen atoms in total. The van der Waals surface area contributed by atoms with Crippen molar-refractivity contribution >= 4 is 17.6 Å². The summed E-state index contributed by atoms with van der Waals surface area (Å²) in [7, 11) is 1.57. The molecule has 28 heavy (non-hydrogen) atoms. The average molecular weight is 386 g/mol. The lowest BCUT2D eigenvalue weighted by Gasteiger charge is -2.36. The topological polar surface area (TPSA) is 76.2 Å². The second-order valence-corrected chi connectivity index (χ2v) is 8.04. The van der Waals surface area contributed by atoms with E-state index in [1.807, 2.05) is 4.90 Å². The van der Waals surface area contributed by atoms with Crippen LogP contribution in [0, 0.1) is 5.92 Å². The Morgan fingerprint density at radius 3 is 2.61 bits per heavy atom. The summed E-state index contributed by atoms with van der Waals surface area (Å²) in [5.74, 6) is 1.37. The molecule has 0 saturated carbocycles. The van der Waals surface area contributed by atoms with Crippen molar-refractivity contribution in [3.63, 3.8) is 0 Å². The molecule has 1 aromatic rings. The molecule has 7 heteroatoms. The summed E-state index contributed by atoms with van der Waals surface area (Å²) in [5, 5.41) is 0. The van der Waals surface area contributed by atoms with Crippen LogP contribution in [0.5, 0.6) is 11.5 Å². The highest BCUT2D eigenvalue weighted by Gasteiger charge is 2.48. The zero-order valence-electron chi connectivity index (χ0n) is 16.4. The van der Waals surface area contributed by atoms with E-state index >= 15 is 0 Å². The molecule has 2 saturated heterocycles. The molecule has 4 rings (SSSR count). The van der Waals surface area contributed by atoms with Crippen LogP contribution in [0.4, 0.5) is 0 Å². The van der Waals surface area contributed by atoms with Gasteiger partial charge in [-0.25, -0.2) is 0 Å². The minimum Gasteiger partial charge on any atom is -0.497 e.